The van der Waals surface area contributed by atoms with E-state index in [1.807, 2.05) is 30.3 Å². The molecule has 1 aliphatic rings. The van der Waals surface area contributed by atoms with Gasteiger partial charge in [0, 0.05) is 17.7 Å². The number of aliphatic carboxylic acids is 1. The summed E-state index contributed by atoms with van der Waals surface area (Å²) in [6.45, 7) is -2.95. The van der Waals surface area contributed by atoms with Crippen LogP contribution in [0.2, 0.25) is 0 Å². The number of carboxylic acids is 1. The maximum Gasteiger partial charge on any atom is 0.387 e. The maximum absolute atomic E-state index is 12.7. The number of carbonyl (C=O) groups excluding carboxylic acids is 1. The first-order valence-electron chi connectivity index (χ1n) is 8.59. The van der Waals surface area contributed by atoms with Crippen LogP contribution in [0.5, 0.6) is 5.75 Å². The molecule has 5 nitrogen and oxygen atoms in total. The van der Waals surface area contributed by atoms with Gasteiger partial charge in [0.25, 0.3) is 0 Å². The van der Waals surface area contributed by atoms with Gasteiger partial charge in [0.05, 0.1) is 11.8 Å². The third-order valence-electron chi connectivity index (χ3n) is 4.71. The Bertz CT molecular complexity index is 826. The predicted molar refractivity (Wildman–Crippen MR) is 94.8 cm³/mol. The van der Waals surface area contributed by atoms with Gasteiger partial charge in [0.2, 0.25) is 5.91 Å². The van der Waals surface area contributed by atoms with Gasteiger partial charge >= 0.3 is 12.6 Å². The third kappa shape index (κ3) is 4.61. The average Bonchev–Trinajstić information content (AvgIpc) is 2.56. The topological polar surface area (TPSA) is 75.6 Å². The van der Waals surface area contributed by atoms with Crippen LogP contribution in [0.15, 0.2) is 48.5 Å². The molecule has 2 aromatic rings. The average molecular weight is 375 g/mol. The van der Waals surface area contributed by atoms with Gasteiger partial charge in [-0.15, -0.1) is 0 Å². The Kier molecular flexibility index (Phi) is 5.69. The maximum atomic E-state index is 12.7. The summed E-state index contributed by atoms with van der Waals surface area (Å²) in [5.74, 6) is -2.56. The minimum atomic E-state index is -2.95. The largest absolute Gasteiger partial charge is 0.481 e. The van der Waals surface area contributed by atoms with Gasteiger partial charge in [-0.25, -0.2) is 0 Å². The standard InChI is InChI=1S/C20H19F2NO4/c21-20(22)27-17-9-6-14(11-13(17)10-12-4-2-1-3-5-12)23-18(24)15-7-8-16(15)19(25)26/h1-6,9,11,15-16,20H,7-8,10H2,(H,23,24)(H,25,26). The third-order valence-corrected chi connectivity index (χ3v) is 4.71. The number of carbonyl (C=O) groups is 2. The molecule has 1 amide bonds. The van der Waals surface area contributed by atoms with Crippen molar-refractivity contribution in [2.75, 3.05) is 5.32 Å². The molecule has 3 rings (SSSR count). The predicted octanol–water partition coefficient (Wildman–Crippen LogP) is 3.93. The van der Waals surface area contributed by atoms with E-state index in [1.54, 1.807) is 6.07 Å². The highest BCUT2D eigenvalue weighted by atomic mass is 19.3. The molecule has 2 aromatic carbocycles. The molecule has 27 heavy (non-hydrogen) atoms. The fourth-order valence-corrected chi connectivity index (χ4v) is 3.17. The summed E-state index contributed by atoms with van der Waals surface area (Å²) in [6.07, 6.45) is 1.36. The van der Waals surface area contributed by atoms with Gasteiger partial charge in [-0.05, 0) is 36.6 Å². The Balaban J connectivity index is 1.79. The Hall–Kier alpha value is -2.96. The number of hydrogen-bond acceptors (Lipinski definition) is 3. The highest BCUT2D eigenvalue weighted by Gasteiger charge is 2.41. The highest BCUT2D eigenvalue weighted by Crippen LogP contribution is 2.36. The molecule has 1 fully saturated rings. The lowest BCUT2D eigenvalue weighted by atomic mass is 9.73. The number of rotatable bonds is 7. The van der Waals surface area contributed by atoms with Gasteiger partial charge < -0.3 is 15.2 Å². The first-order valence-corrected chi connectivity index (χ1v) is 8.59. The number of hydrogen-bond donors (Lipinski definition) is 2. The van der Waals surface area contributed by atoms with E-state index >= 15 is 0 Å². The van der Waals surface area contributed by atoms with Crippen LogP contribution in [0.1, 0.15) is 24.0 Å². The van der Waals surface area contributed by atoms with Crippen LogP contribution in [0, 0.1) is 11.8 Å². The van der Waals surface area contributed by atoms with E-state index in [-0.39, 0.29) is 11.7 Å². The summed E-state index contributed by atoms with van der Waals surface area (Å²) in [5, 5.41) is 11.8. The first-order chi connectivity index (χ1) is 12.9. The monoisotopic (exact) mass is 375 g/mol. The second kappa shape index (κ2) is 8.16. The van der Waals surface area contributed by atoms with E-state index in [1.165, 1.54) is 12.1 Å². The summed E-state index contributed by atoms with van der Waals surface area (Å²) >= 11 is 0. The van der Waals surface area contributed by atoms with E-state index in [0.717, 1.165) is 5.56 Å². The van der Waals surface area contributed by atoms with Crippen LogP contribution in [-0.2, 0) is 16.0 Å². The fraction of sp³-hybridized carbons (Fsp3) is 0.300. The smallest absolute Gasteiger partial charge is 0.387 e. The van der Waals surface area contributed by atoms with Crippen LogP contribution >= 0.6 is 0 Å². The second-order valence-corrected chi connectivity index (χ2v) is 6.48. The van der Waals surface area contributed by atoms with E-state index < -0.39 is 24.4 Å². The number of carboxylic acid groups (broad SMARTS) is 1. The zero-order valence-corrected chi connectivity index (χ0v) is 14.4. The summed E-state index contributed by atoms with van der Waals surface area (Å²) in [7, 11) is 0. The van der Waals surface area contributed by atoms with Gasteiger partial charge in [0.15, 0.2) is 0 Å². The van der Waals surface area contributed by atoms with Crippen LogP contribution < -0.4 is 10.1 Å². The van der Waals surface area contributed by atoms with Crippen molar-refractivity contribution in [3.63, 3.8) is 0 Å². The van der Waals surface area contributed by atoms with E-state index in [0.29, 0.717) is 30.5 Å². The number of ether oxygens (including phenoxy) is 1. The quantitative estimate of drug-likeness (QED) is 0.769. The lowest BCUT2D eigenvalue weighted by Gasteiger charge is -2.32. The minimum absolute atomic E-state index is 0.0407. The Morgan fingerprint density at radius 1 is 1.11 bits per heavy atom. The van der Waals surface area contributed by atoms with Gasteiger partial charge in [-0.3, -0.25) is 9.59 Å². The number of nitrogens with one attached hydrogen (secondary N) is 1. The number of amides is 1. The molecular formula is C20H19F2NO4. The van der Waals surface area contributed by atoms with Crippen LogP contribution in [0.4, 0.5) is 14.5 Å². The molecule has 0 bridgehead atoms. The number of halogens is 2. The highest BCUT2D eigenvalue weighted by molar-refractivity contribution is 5.96. The summed E-state index contributed by atoms with van der Waals surface area (Å²) in [5.41, 5.74) is 1.83. The van der Waals surface area contributed by atoms with Gasteiger partial charge in [-0.1, -0.05) is 30.3 Å². The molecule has 2 N–H and O–H groups in total. The molecule has 0 heterocycles. The normalized spacial score (nSPS) is 18.6. The van der Waals surface area contributed by atoms with Crippen molar-refractivity contribution in [3.05, 3.63) is 59.7 Å². The number of benzene rings is 2. The van der Waals surface area contributed by atoms with E-state index in [4.69, 9.17) is 5.11 Å². The SMILES string of the molecule is O=C(O)C1CCC1C(=O)Nc1ccc(OC(F)F)c(Cc2ccccc2)c1. The Labute approximate surface area is 155 Å². The molecular weight excluding hydrogens is 356 g/mol. The summed E-state index contributed by atoms with van der Waals surface area (Å²) < 4.78 is 29.9. The zero-order chi connectivity index (χ0) is 19.4. The number of alkyl halides is 2. The molecule has 0 spiro atoms. The molecule has 0 aromatic heterocycles. The Morgan fingerprint density at radius 2 is 1.81 bits per heavy atom. The van der Waals surface area contributed by atoms with Gasteiger partial charge in [-0.2, -0.15) is 8.78 Å². The van der Waals surface area contributed by atoms with Crippen molar-refractivity contribution in [3.8, 4) is 5.75 Å². The minimum Gasteiger partial charge on any atom is -0.481 e. The molecule has 142 valence electrons. The molecule has 0 saturated heterocycles. The fourth-order valence-electron chi connectivity index (χ4n) is 3.17. The zero-order valence-electron chi connectivity index (χ0n) is 14.4. The van der Waals surface area contributed by atoms with Crippen molar-refractivity contribution >= 4 is 17.6 Å². The molecule has 7 heteroatoms. The molecule has 0 radical (unpaired) electrons. The molecule has 0 aliphatic heterocycles. The van der Waals surface area contributed by atoms with Crippen LogP contribution in [-0.4, -0.2) is 23.6 Å². The van der Waals surface area contributed by atoms with Crippen LogP contribution in [0.25, 0.3) is 0 Å². The summed E-state index contributed by atoms with van der Waals surface area (Å²) in [6, 6.07) is 13.7. The van der Waals surface area contributed by atoms with Crippen molar-refractivity contribution in [1.82, 2.24) is 0 Å². The molecule has 2 atom stereocenters. The van der Waals surface area contributed by atoms with Crippen molar-refractivity contribution in [2.45, 2.75) is 25.9 Å². The van der Waals surface area contributed by atoms with Gasteiger partial charge in [0.1, 0.15) is 5.75 Å². The molecule has 1 aliphatic carbocycles. The van der Waals surface area contributed by atoms with Crippen molar-refractivity contribution in [1.29, 1.82) is 0 Å². The molecule has 1 saturated carbocycles. The number of anilines is 1. The van der Waals surface area contributed by atoms with Crippen molar-refractivity contribution < 1.29 is 28.2 Å². The first kappa shape index (κ1) is 18.8. The second-order valence-electron chi connectivity index (χ2n) is 6.48. The Morgan fingerprint density at radius 3 is 2.41 bits per heavy atom. The van der Waals surface area contributed by atoms with E-state index in [2.05, 4.69) is 10.1 Å². The molecule has 2 unspecified atom stereocenters. The van der Waals surface area contributed by atoms with Crippen molar-refractivity contribution in [2.24, 2.45) is 11.8 Å². The lowest BCUT2D eigenvalue weighted by molar-refractivity contribution is -0.151. The van der Waals surface area contributed by atoms with Crippen LogP contribution in [0.3, 0.4) is 0 Å². The lowest BCUT2D eigenvalue weighted by Crippen LogP contribution is -2.41. The van der Waals surface area contributed by atoms with E-state index in [9.17, 15) is 18.4 Å². The summed E-state index contributed by atoms with van der Waals surface area (Å²) in [4.78, 5) is 23.4.